The van der Waals surface area contributed by atoms with Gasteiger partial charge < -0.3 is 5.32 Å². The zero-order valence-corrected chi connectivity index (χ0v) is 12.6. The lowest BCUT2D eigenvalue weighted by Crippen LogP contribution is -2.40. The van der Waals surface area contributed by atoms with E-state index in [0.29, 0.717) is 19.0 Å². The fourth-order valence-corrected chi connectivity index (χ4v) is 3.73. The molecule has 7 heteroatoms. The van der Waals surface area contributed by atoms with Gasteiger partial charge in [-0.2, -0.15) is 4.31 Å². The lowest BCUT2D eigenvalue weighted by atomic mass is 9.98. The second-order valence-electron chi connectivity index (χ2n) is 4.59. The molecule has 19 heavy (non-hydrogen) atoms. The Morgan fingerprint density at radius 1 is 1.42 bits per heavy atom. The van der Waals surface area contributed by atoms with Crippen LogP contribution in [0.15, 0.2) is 29.4 Å². The van der Waals surface area contributed by atoms with Gasteiger partial charge in [-0.15, -0.1) is 12.4 Å². The van der Waals surface area contributed by atoms with E-state index < -0.39 is 10.0 Å². The van der Waals surface area contributed by atoms with Gasteiger partial charge in [0.2, 0.25) is 10.0 Å². The first-order valence-electron chi connectivity index (χ1n) is 6.19. The third-order valence-corrected chi connectivity index (χ3v) is 5.22. The van der Waals surface area contributed by atoms with Crippen LogP contribution in [-0.4, -0.2) is 44.4 Å². The minimum Gasteiger partial charge on any atom is -0.319 e. The summed E-state index contributed by atoms with van der Waals surface area (Å²) < 4.78 is 26.2. The highest BCUT2D eigenvalue weighted by molar-refractivity contribution is 7.89. The molecule has 1 aliphatic heterocycles. The van der Waals surface area contributed by atoms with Crippen LogP contribution in [0.2, 0.25) is 0 Å². The number of aromatic nitrogens is 1. The third-order valence-electron chi connectivity index (χ3n) is 3.34. The van der Waals surface area contributed by atoms with Crippen LogP contribution in [0.3, 0.4) is 0 Å². The summed E-state index contributed by atoms with van der Waals surface area (Å²) in [5.41, 5.74) is 0. The number of sulfonamides is 1. The predicted octanol–water partition coefficient (Wildman–Crippen LogP) is 1.12. The summed E-state index contributed by atoms with van der Waals surface area (Å²) in [5, 5.41) is 3.14. The predicted molar refractivity (Wildman–Crippen MR) is 76.9 cm³/mol. The maximum Gasteiger partial charge on any atom is 0.244 e. The zero-order chi connectivity index (χ0) is 13.0. The van der Waals surface area contributed by atoms with Crippen LogP contribution in [0.4, 0.5) is 0 Å². The smallest absolute Gasteiger partial charge is 0.244 e. The molecule has 0 saturated carbocycles. The second kappa shape index (κ2) is 7.19. The van der Waals surface area contributed by atoms with Crippen molar-refractivity contribution in [2.75, 3.05) is 26.7 Å². The van der Waals surface area contributed by atoms with E-state index in [1.807, 2.05) is 7.05 Å². The Kier molecular flexibility index (Phi) is 6.19. The summed E-state index contributed by atoms with van der Waals surface area (Å²) in [5.74, 6) is 0.579. The third kappa shape index (κ3) is 3.89. The van der Waals surface area contributed by atoms with Crippen molar-refractivity contribution in [3.05, 3.63) is 24.5 Å². The number of hydrogen-bond donors (Lipinski definition) is 1. The molecule has 0 atom stereocenters. The SMILES string of the molecule is CNCC1CCN(S(=O)(=O)c2cccnc2)CC1.Cl. The van der Waals surface area contributed by atoms with Crippen LogP contribution in [-0.2, 0) is 10.0 Å². The number of nitrogens with one attached hydrogen (secondary N) is 1. The molecule has 108 valence electrons. The summed E-state index contributed by atoms with van der Waals surface area (Å²) in [6, 6.07) is 3.25. The summed E-state index contributed by atoms with van der Waals surface area (Å²) >= 11 is 0. The van der Waals surface area contributed by atoms with Gasteiger partial charge in [-0.05, 0) is 44.5 Å². The Morgan fingerprint density at radius 3 is 2.63 bits per heavy atom. The Balaban J connectivity index is 0.00000180. The van der Waals surface area contributed by atoms with E-state index >= 15 is 0 Å². The van der Waals surface area contributed by atoms with Gasteiger partial charge in [0.15, 0.2) is 0 Å². The molecule has 2 rings (SSSR count). The van der Waals surface area contributed by atoms with Gasteiger partial charge >= 0.3 is 0 Å². The van der Waals surface area contributed by atoms with Gasteiger partial charge in [-0.3, -0.25) is 4.98 Å². The molecule has 0 aliphatic carbocycles. The Bertz CT molecular complexity index is 473. The van der Waals surface area contributed by atoms with Gasteiger partial charge in [-0.1, -0.05) is 0 Å². The molecule has 1 saturated heterocycles. The first-order valence-corrected chi connectivity index (χ1v) is 7.63. The van der Waals surface area contributed by atoms with Gasteiger partial charge in [0, 0.05) is 25.5 Å². The average molecular weight is 306 g/mol. The number of pyridine rings is 1. The van der Waals surface area contributed by atoms with E-state index in [4.69, 9.17) is 0 Å². The summed E-state index contributed by atoms with van der Waals surface area (Å²) in [4.78, 5) is 4.16. The first-order chi connectivity index (χ1) is 8.64. The van der Waals surface area contributed by atoms with Crippen molar-refractivity contribution in [3.8, 4) is 0 Å². The molecular formula is C12H20ClN3O2S. The molecule has 0 radical (unpaired) electrons. The van der Waals surface area contributed by atoms with E-state index in [0.717, 1.165) is 19.4 Å². The Labute approximate surface area is 120 Å². The summed E-state index contributed by atoms with van der Waals surface area (Å²) in [6.07, 6.45) is 4.83. The molecule has 0 bridgehead atoms. The van der Waals surface area contributed by atoms with Crippen molar-refractivity contribution < 1.29 is 8.42 Å². The number of piperidine rings is 1. The standard InChI is InChI=1S/C12H19N3O2S.ClH/c1-13-9-11-4-7-15(8-5-11)18(16,17)12-3-2-6-14-10-12;/h2-3,6,10-11,13H,4-5,7-9H2,1H3;1H. The van der Waals surface area contributed by atoms with Crippen molar-refractivity contribution in [1.82, 2.24) is 14.6 Å². The molecule has 1 fully saturated rings. The molecule has 1 N–H and O–H groups in total. The lowest BCUT2D eigenvalue weighted by molar-refractivity contribution is 0.270. The van der Waals surface area contributed by atoms with E-state index in [9.17, 15) is 8.42 Å². The molecule has 1 aliphatic rings. The first kappa shape index (κ1) is 16.4. The van der Waals surface area contributed by atoms with Crippen LogP contribution >= 0.6 is 12.4 Å². The van der Waals surface area contributed by atoms with Crippen molar-refractivity contribution in [3.63, 3.8) is 0 Å². The number of rotatable bonds is 4. The largest absolute Gasteiger partial charge is 0.319 e. The van der Waals surface area contributed by atoms with E-state index in [1.165, 1.54) is 6.20 Å². The maximum atomic E-state index is 12.3. The Morgan fingerprint density at radius 2 is 2.11 bits per heavy atom. The minimum atomic E-state index is -3.35. The average Bonchev–Trinajstić information content (AvgIpc) is 2.41. The highest BCUT2D eigenvalue weighted by atomic mass is 35.5. The minimum absolute atomic E-state index is 0. The van der Waals surface area contributed by atoms with Crippen LogP contribution in [0.25, 0.3) is 0 Å². The molecule has 0 aromatic carbocycles. The molecule has 0 spiro atoms. The fourth-order valence-electron chi connectivity index (χ4n) is 2.29. The lowest BCUT2D eigenvalue weighted by Gasteiger charge is -2.30. The van der Waals surface area contributed by atoms with Gasteiger partial charge in [0.05, 0.1) is 0 Å². The van der Waals surface area contributed by atoms with Crippen LogP contribution in [0.1, 0.15) is 12.8 Å². The normalized spacial score (nSPS) is 17.9. The Hall–Kier alpha value is -0.690. The highest BCUT2D eigenvalue weighted by Gasteiger charge is 2.29. The van der Waals surface area contributed by atoms with E-state index in [-0.39, 0.29) is 17.3 Å². The van der Waals surface area contributed by atoms with Gasteiger partial charge in [0.25, 0.3) is 0 Å². The number of hydrogen-bond acceptors (Lipinski definition) is 4. The zero-order valence-electron chi connectivity index (χ0n) is 10.9. The molecule has 0 unspecified atom stereocenters. The number of halogens is 1. The van der Waals surface area contributed by atoms with Crippen molar-refractivity contribution in [2.45, 2.75) is 17.7 Å². The topological polar surface area (TPSA) is 62.3 Å². The van der Waals surface area contributed by atoms with Crippen molar-refractivity contribution in [2.24, 2.45) is 5.92 Å². The van der Waals surface area contributed by atoms with E-state index in [1.54, 1.807) is 22.6 Å². The second-order valence-corrected chi connectivity index (χ2v) is 6.53. The molecule has 0 amide bonds. The fraction of sp³-hybridized carbons (Fsp3) is 0.583. The molecular weight excluding hydrogens is 286 g/mol. The molecule has 1 aromatic rings. The van der Waals surface area contributed by atoms with Crippen LogP contribution < -0.4 is 5.32 Å². The quantitative estimate of drug-likeness (QED) is 0.905. The summed E-state index contributed by atoms with van der Waals surface area (Å²) in [7, 11) is -1.42. The summed E-state index contributed by atoms with van der Waals surface area (Å²) in [6.45, 7) is 2.16. The molecule has 1 aromatic heterocycles. The van der Waals surface area contributed by atoms with Crippen LogP contribution in [0.5, 0.6) is 0 Å². The molecule has 5 nitrogen and oxygen atoms in total. The van der Waals surface area contributed by atoms with Gasteiger partial charge in [0.1, 0.15) is 4.90 Å². The number of nitrogens with zero attached hydrogens (tertiary/aromatic N) is 2. The molecule has 2 heterocycles. The van der Waals surface area contributed by atoms with Crippen LogP contribution in [0, 0.1) is 5.92 Å². The maximum absolute atomic E-state index is 12.3. The van der Waals surface area contributed by atoms with Crippen molar-refractivity contribution >= 4 is 22.4 Å². The van der Waals surface area contributed by atoms with Crippen molar-refractivity contribution in [1.29, 1.82) is 0 Å². The van der Waals surface area contributed by atoms with Gasteiger partial charge in [-0.25, -0.2) is 8.42 Å². The highest BCUT2D eigenvalue weighted by Crippen LogP contribution is 2.22. The monoisotopic (exact) mass is 305 g/mol. The van der Waals surface area contributed by atoms with E-state index in [2.05, 4.69) is 10.3 Å².